The van der Waals surface area contributed by atoms with Gasteiger partial charge in [0.1, 0.15) is 0 Å². The summed E-state index contributed by atoms with van der Waals surface area (Å²) in [5, 5.41) is 0. The second kappa shape index (κ2) is 6.11. The molecule has 3 nitrogen and oxygen atoms in total. The number of aryl methyl sites for hydroxylation is 1. The molecule has 0 saturated carbocycles. The lowest BCUT2D eigenvalue weighted by molar-refractivity contribution is 0.0743. The van der Waals surface area contributed by atoms with Crippen molar-refractivity contribution in [3.05, 3.63) is 34.9 Å². The Morgan fingerprint density at radius 2 is 2.15 bits per heavy atom. The van der Waals surface area contributed by atoms with Gasteiger partial charge < -0.3 is 10.6 Å². The third kappa shape index (κ3) is 3.20. The molecule has 1 aliphatic rings. The number of nitrogens with zero attached hydrogens (tertiary/aromatic N) is 1. The van der Waals surface area contributed by atoms with E-state index in [0.717, 1.165) is 29.7 Å². The topological polar surface area (TPSA) is 46.3 Å². The van der Waals surface area contributed by atoms with Crippen molar-refractivity contribution in [3.8, 4) is 11.8 Å². The van der Waals surface area contributed by atoms with E-state index >= 15 is 0 Å². The fourth-order valence-electron chi connectivity index (χ4n) is 2.88. The molecule has 0 spiro atoms. The molecule has 0 bridgehead atoms. The zero-order valence-electron chi connectivity index (χ0n) is 12.4. The van der Waals surface area contributed by atoms with Gasteiger partial charge in [0.15, 0.2) is 0 Å². The van der Waals surface area contributed by atoms with Crippen LogP contribution < -0.4 is 5.73 Å². The predicted octanol–water partition coefficient (Wildman–Crippen LogP) is 2.18. The second-order valence-electron chi connectivity index (χ2n) is 5.74. The zero-order chi connectivity index (χ0) is 14.7. The first-order valence-corrected chi connectivity index (χ1v) is 7.13. The maximum absolute atomic E-state index is 12.6. The maximum atomic E-state index is 12.6. The van der Waals surface area contributed by atoms with Gasteiger partial charge in [0.2, 0.25) is 0 Å². The summed E-state index contributed by atoms with van der Waals surface area (Å²) in [5.41, 5.74) is 8.04. The number of hydrogen-bond donors (Lipinski definition) is 1. The van der Waals surface area contributed by atoms with Crippen LogP contribution in [-0.4, -0.2) is 29.9 Å². The molecule has 2 rings (SSSR count). The van der Waals surface area contributed by atoms with Crippen LogP contribution in [0.2, 0.25) is 0 Å². The molecule has 2 atom stereocenters. The van der Waals surface area contributed by atoms with Gasteiger partial charge in [-0.25, -0.2) is 0 Å². The van der Waals surface area contributed by atoms with Crippen molar-refractivity contribution in [3.63, 3.8) is 0 Å². The second-order valence-corrected chi connectivity index (χ2v) is 5.74. The van der Waals surface area contributed by atoms with Crippen molar-refractivity contribution < 1.29 is 4.79 Å². The smallest absolute Gasteiger partial charge is 0.254 e. The van der Waals surface area contributed by atoms with E-state index in [2.05, 4.69) is 25.7 Å². The van der Waals surface area contributed by atoms with Crippen molar-refractivity contribution >= 4 is 5.91 Å². The lowest BCUT2D eigenvalue weighted by Gasteiger charge is -2.21. The monoisotopic (exact) mass is 270 g/mol. The average Bonchev–Trinajstić information content (AvgIpc) is 2.74. The molecule has 0 aromatic heterocycles. The summed E-state index contributed by atoms with van der Waals surface area (Å²) in [6, 6.07) is 6.10. The van der Waals surface area contributed by atoms with E-state index < -0.39 is 0 Å². The third-order valence-corrected chi connectivity index (χ3v) is 3.70. The molecule has 1 fully saturated rings. The highest BCUT2D eigenvalue weighted by Crippen LogP contribution is 2.24. The predicted molar refractivity (Wildman–Crippen MR) is 81.4 cm³/mol. The average molecular weight is 270 g/mol. The molecule has 2 unspecified atom stereocenters. The number of hydrogen-bond acceptors (Lipinski definition) is 2. The van der Waals surface area contributed by atoms with Crippen molar-refractivity contribution in [1.29, 1.82) is 0 Å². The van der Waals surface area contributed by atoms with Crippen LogP contribution in [0.4, 0.5) is 0 Å². The SMILES string of the molecule is Cc1cc(C#CCN)cc(C(=O)N2CC(C)CC2C)c1. The molecule has 106 valence electrons. The first-order chi connectivity index (χ1) is 9.51. The Balaban J connectivity index is 2.28. The van der Waals surface area contributed by atoms with Crippen LogP contribution >= 0.6 is 0 Å². The first kappa shape index (κ1) is 14.6. The number of carbonyl (C=O) groups is 1. The number of carbonyl (C=O) groups excluding carboxylic acids is 1. The molecule has 1 aliphatic heterocycles. The van der Waals surface area contributed by atoms with Crippen LogP contribution in [0.1, 0.15) is 41.8 Å². The lowest BCUT2D eigenvalue weighted by Crippen LogP contribution is -2.34. The fraction of sp³-hybridized carbons (Fsp3) is 0.471. The van der Waals surface area contributed by atoms with E-state index in [1.54, 1.807) is 0 Å². The van der Waals surface area contributed by atoms with E-state index in [1.165, 1.54) is 0 Å². The summed E-state index contributed by atoms with van der Waals surface area (Å²) in [7, 11) is 0. The highest BCUT2D eigenvalue weighted by Gasteiger charge is 2.30. The largest absolute Gasteiger partial charge is 0.336 e. The van der Waals surface area contributed by atoms with E-state index in [-0.39, 0.29) is 5.91 Å². The highest BCUT2D eigenvalue weighted by molar-refractivity contribution is 5.95. The number of rotatable bonds is 1. The molecule has 0 radical (unpaired) electrons. The fourth-order valence-corrected chi connectivity index (χ4v) is 2.88. The van der Waals surface area contributed by atoms with Crippen molar-refractivity contribution in [2.24, 2.45) is 11.7 Å². The van der Waals surface area contributed by atoms with Gasteiger partial charge in [0, 0.05) is 23.7 Å². The standard InChI is InChI=1S/C17H22N2O/c1-12-8-15(5-4-6-18)10-16(9-12)17(20)19-11-13(2)7-14(19)3/h8-10,13-14H,6-7,11,18H2,1-3H3. The lowest BCUT2D eigenvalue weighted by atomic mass is 10.1. The summed E-state index contributed by atoms with van der Waals surface area (Å²) in [6.07, 6.45) is 1.08. The van der Waals surface area contributed by atoms with Crippen LogP contribution in [-0.2, 0) is 0 Å². The number of amides is 1. The Morgan fingerprint density at radius 1 is 1.40 bits per heavy atom. The molecular weight excluding hydrogens is 248 g/mol. The number of likely N-dealkylation sites (tertiary alicyclic amines) is 1. The Morgan fingerprint density at radius 3 is 2.75 bits per heavy atom. The maximum Gasteiger partial charge on any atom is 0.254 e. The first-order valence-electron chi connectivity index (χ1n) is 7.13. The van der Waals surface area contributed by atoms with Crippen molar-refractivity contribution in [1.82, 2.24) is 4.90 Å². The molecule has 1 amide bonds. The quantitative estimate of drug-likeness (QED) is 0.795. The van der Waals surface area contributed by atoms with Crippen molar-refractivity contribution in [2.75, 3.05) is 13.1 Å². The zero-order valence-corrected chi connectivity index (χ0v) is 12.4. The Labute approximate surface area is 121 Å². The van der Waals surface area contributed by atoms with Gasteiger partial charge in [-0.05, 0) is 49.9 Å². The van der Waals surface area contributed by atoms with Crippen LogP contribution in [0.15, 0.2) is 18.2 Å². The summed E-state index contributed by atoms with van der Waals surface area (Å²) in [4.78, 5) is 14.6. The minimum atomic E-state index is 0.112. The number of benzene rings is 1. The summed E-state index contributed by atoms with van der Waals surface area (Å²) >= 11 is 0. The van der Waals surface area contributed by atoms with Gasteiger partial charge in [0.25, 0.3) is 5.91 Å². The van der Waals surface area contributed by atoms with E-state index in [0.29, 0.717) is 18.5 Å². The van der Waals surface area contributed by atoms with Gasteiger partial charge >= 0.3 is 0 Å². The van der Waals surface area contributed by atoms with Crippen molar-refractivity contribution in [2.45, 2.75) is 33.2 Å². The molecule has 2 N–H and O–H groups in total. The molecule has 1 aromatic rings. The van der Waals surface area contributed by atoms with Gasteiger partial charge in [-0.15, -0.1) is 0 Å². The van der Waals surface area contributed by atoms with Gasteiger partial charge in [-0.2, -0.15) is 0 Å². The van der Waals surface area contributed by atoms with Gasteiger partial charge in [-0.1, -0.05) is 18.8 Å². The molecule has 1 saturated heterocycles. The van der Waals surface area contributed by atoms with Crippen LogP contribution in [0.5, 0.6) is 0 Å². The minimum Gasteiger partial charge on any atom is -0.336 e. The summed E-state index contributed by atoms with van der Waals surface area (Å²) < 4.78 is 0. The molecule has 1 aromatic carbocycles. The third-order valence-electron chi connectivity index (χ3n) is 3.70. The van der Waals surface area contributed by atoms with Crippen LogP contribution in [0.25, 0.3) is 0 Å². The minimum absolute atomic E-state index is 0.112. The van der Waals surface area contributed by atoms with Crippen LogP contribution in [0, 0.1) is 24.7 Å². The Bertz CT molecular complexity index is 568. The normalized spacial score (nSPS) is 21.5. The molecule has 0 aliphatic carbocycles. The summed E-state index contributed by atoms with van der Waals surface area (Å²) in [5.74, 6) is 6.53. The molecule has 20 heavy (non-hydrogen) atoms. The Kier molecular flexibility index (Phi) is 4.46. The highest BCUT2D eigenvalue weighted by atomic mass is 16.2. The van der Waals surface area contributed by atoms with Crippen LogP contribution in [0.3, 0.4) is 0 Å². The number of nitrogens with two attached hydrogens (primary N) is 1. The summed E-state index contributed by atoms with van der Waals surface area (Å²) in [6.45, 7) is 7.47. The molecular formula is C17H22N2O. The van der Waals surface area contributed by atoms with E-state index in [1.807, 2.05) is 30.0 Å². The van der Waals surface area contributed by atoms with E-state index in [4.69, 9.17) is 5.73 Å². The van der Waals surface area contributed by atoms with E-state index in [9.17, 15) is 4.79 Å². The van der Waals surface area contributed by atoms with Gasteiger partial charge in [0.05, 0.1) is 6.54 Å². The van der Waals surface area contributed by atoms with Gasteiger partial charge in [-0.3, -0.25) is 4.79 Å². The molecule has 3 heteroatoms. The Hall–Kier alpha value is -1.79. The molecule has 1 heterocycles.